The molecule has 2 aliphatic rings. The van der Waals surface area contributed by atoms with E-state index in [4.69, 9.17) is 9.72 Å². The highest BCUT2D eigenvalue weighted by Crippen LogP contribution is 2.36. The fourth-order valence-corrected chi connectivity index (χ4v) is 3.89. The number of nitrogens with zero attached hydrogens (tertiary/aromatic N) is 4. The molecular formula is C17H24N4O. The summed E-state index contributed by atoms with van der Waals surface area (Å²) in [6.45, 7) is 5.33. The van der Waals surface area contributed by atoms with Crippen molar-refractivity contribution in [3.05, 3.63) is 24.2 Å². The number of rotatable bonds is 3. The fourth-order valence-electron chi connectivity index (χ4n) is 3.89. The third-order valence-corrected chi connectivity index (χ3v) is 4.99. The normalized spacial score (nSPS) is 26.8. The van der Waals surface area contributed by atoms with Crippen LogP contribution in [0.5, 0.6) is 0 Å². The highest BCUT2D eigenvalue weighted by molar-refractivity contribution is 5.71. The third kappa shape index (κ3) is 2.32. The molecule has 2 aliphatic heterocycles. The monoisotopic (exact) mass is 300 g/mol. The highest BCUT2D eigenvalue weighted by Gasteiger charge is 2.32. The molecule has 118 valence electrons. The Bertz CT molecular complexity index is 647. The van der Waals surface area contributed by atoms with Crippen molar-refractivity contribution in [2.24, 2.45) is 0 Å². The molecule has 0 aliphatic carbocycles. The minimum absolute atomic E-state index is 0.1000. The van der Waals surface area contributed by atoms with Crippen LogP contribution in [-0.2, 0) is 4.74 Å². The van der Waals surface area contributed by atoms with Crippen molar-refractivity contribution >= 4 is 11.2 Å². The molecule has 22 heavy (non-hydrogen) atoms. The van der Waals surface area contributed by atoms with Crippen LogP contribution in [0.15, 0.2) is 18.3 Å². The van der Waals surface area contributed by atoms with Gasteiger partial charge in [0.25, 0.3) is 0 Å². The van der Waals surface area contributed by atoms with E-state index in [1.54, 1.807) is 0 Å². The second kappa shape index (κ2) is 5.97. The van der Waals surface area contributed by atoms with Crippen molar-refractivity contribution in [1.29, 1.82) is 0 Å². The van der Waals surface area contributed by atoms with Gasteiger partial charge < -0.3 is 4.74 Å². The molecule has 2 fully saturated rings. The lowest BCUT2D eigenvalue weighted by Crippen LogP contribution is -2.28. The molecule has 0 bridgehead atoms. The molecular weight excluding hydrogens is 276 g/mol. The van der Waals surface area contributed by atoms with Crippen molar-refractivity contribution in [1.82, 2.24) is 19.4 Å². The molecule has 5 nitrogen and oxygen atoms in total. The molecule has 2 unspecified atom stereocenters. The second-order valence-electron chi connectivity index (χ2n) is 6.29. The lowest BCUT2D eigenvalue weighted by Gasteiger charge is -2.29. The lowest BCUT2D eigenvalue weighted by atomic mass is 10.1. The summed E-state index contributed by atoms with van der Waals surface area (Å²) in [5.41, 5.74) is 1.97. The first-order valence-corrected chi connectivity index (χ1v) is 8.57. The van der Waals surface area contributed by atoms with Gasteiger partial charge in [0.05, 0.1) is 6.04 Å². The maximum atomic E-state index is 6.06. The molecule has 4 rings (SSSR count). The molecule has 2 aromatic heterocycles. The fraction of sp³-hybridized carbons (Fsp3) is 0.647. The van der Waals surface area contributed by atoms with Gasteiger partial charge in [-0.05, 0) is 57.3 Å². The average Bonchev–Trinajstić information content (AvgIpc) is 3.19. The van der Waals surface area contributed by atoms with Crippen LogP contribution in [0, 0.1) is 0 Å². The quantitative estimate of drug-likeness (QED) is 0.872. The Morgan fingerprint density at radius 1 is 1.27 bits per heavy atom. The maximum absolute atomic E-state index is 6.06. The number of likely N-dealkylation sites (tertiary alicyclic amines) is 1. The average molecular weight is 300 g/mol. The van der Waals surface area contributed by atoms with Crippen molar-refractivity contribution in [3.63, 3.8) is 0 Å². The maximum Gasteiger partial charge on any atom is 0.162 e. The van der Waals surface area contributed by atoms with Gasteiger partial charge in [-0.2, -0.15) is 0 Å². The zero-order valence-electron chi connectivity index (χ0n) is 13.2. The number of fused-ring (bicyclic) bond motifs is 1. The summed E-state index contributed by atoms with van der Waals surface area (Å²) in [5.74, 6) is 1.15. The predicted molar refractivity (Wildman–Crippen MR) is 85.6 cm³/mol. The van der Waals surface area contributed by atoms with E-state index >= 15 is 0 Å². The molecule has 0 aromatic carbocycles. The van der Waals surface area contributed by atoms with Crippen LogP contribution in [0.2, 0.25) is 0 Å². The minimum Gasteiger partial charge on any atom is -0.358 e. The predicted octanol–water partition coefficient (Wildman–Crippen LogP) is 3.29. The van der Waals surface area contributed by atoms with E-state index in [0.29, 0.717) is 6.04 Å². The van der Waals surface area contributed by atoms with Crippen molar-refractivity contribution in [2.75, 3.05) is 19.7 Å². The van der Waals surface area contributed by atoms with E-state index in [1.807, 2.05) is 12.3 Å². The summed E-state index contributed by atoms with van der Waals surface area (Å²) in [5, 5.41) is 0. The van der Waals surface area contributed by atoms with Crippen LogP contribution < -0.4 is 0 Å². The number of aromatic nitrogens is 3. The number of hydrogen-bond donors (Lipinski definition) is 0. The van der Waals surface area contributed by atoms with Crippen LogP contribution in [0.4, 0.5) is 0 Å². The summed E-state index contributed by atoms with van der Waals surface area (Å²) < 4.78 is 8.35. The summed E-state index contributed by atoms with van der Waals surface area (Å²) in [6.07, 6.45) is 7.84. The van der Waals surface area contributed by atoms with Gasteiger partial charge in [0.2, 0.25) is 0 Å². The lowest BCUT2D eigenvalue weighted by molar-refractivity contribution is -0.0330. The summed E-state index contributed by atoms with van der Waals surface area (Å²) in [7, 11) is 0. The van der Waals surface area contributed by atoms with Gasteiger partial charge in [0.15, 0.2) is 5.65 Å². The molecule has 2 atom stereocenters. The van der Waals surface area contributed by atoms with Crippen molar-refractivity contribution in [3.8, 4) is 0 Å². The Hall–Kier alpha value is -1.46. The summed E-state index contributed by atoms with van der Waals surface area (Å²) in [4.78, 5) is 12.1. The standard InChI is InChI=1S/C17H24N4O/c1-2-20-11-6-8-14(20)17-19-13-7-5-10-18-16(13)21(17)15-9-3-4-12-22-15/h5,7,10,14-15H,2-4,6,8-9,11-12H2,1H3. The van der Waals surface area contributed by atoms with Gasteiger partial charge in [0, 0.05) is 12.8 Å². The van der Waals surface area contributed by atoms with E-state index < -0.39 is 0 Å². The van der Waals surface area contributed by atoms with E-state index in [9.17, 15) is 0 Å². The second-order valence-corrected chi connectivity index (χ2v) is 6.29. The Kier molecular flexibility index (Phi) is 3.84. The Morgan fingerprint density at radius 2 is 2.23 bits per heavy atom. The highest BCUT2D eigenvalue weighted by atomic mass is 16.5. The first kappa shape index (κ1) is 14.2. The topological polar surface area (TPSA) is 43.2 Å². The number of hydrogen-bond acceptors (Lipinski definition) is 4. The van der Waals surface area contributed by atoms with E-state index in [-0.39, 0.29) is 6.23 Å². The number of pyridine rings is 1. The molecule has 4 heterocycles. The van der Waals surface area contributed by atoms with Gasteiger partial charge in [-0.3, -0.25) is 9.47 Å². The van der Waals surface area contributed by atoms with Crippen LogP contribution in [0.25, 0.3) is 11.2 Å². The van der Waals surface area contributed by atoms with Gasteiger partial charge >= 0.3 is 0 Å². The molecule has 0 spiro atoms. The largest absolute Gasteiger partial charge is 0.358 e. The molecule has 2 saturated heterocycles. The van der Waals surface area contributed by atoms with Gasteiger partial charge in [0.1, 0.15) is 17.6 Å². The molecule has 2 aromatic rings. The van der Waals surface area contributed by atoms with E-state index in [2.05, 4.69) is 27.4 Å². The van der Waals surface area contributed by atoms with Crippen LogP contribution in [-0.4, -0.2) is 39.1 Å². The molecule has 0 amide bonds. The zero-order valence-corrected chi connectivity index (χ0v) is 13.2. The molecule has 5 heteroatoms. The van der Waals surface area contributed by atoms with Gasteiger partial charge in [-0.15, -0.1) is 0 Å². The first-order chi connectivity index (χ1) is 10.9. The van der Waals surface area contributed by atoms with E-state index in [0.717, 1.165) is 43.0 Å². The zero-order chi connectivity index (χ0) is 14.9. The van der Waals surface area contributed by atoms with Crippen molar-refractivity contribution < 1.29 is 4.74 Å². The number of imidazole rings is 1. The van der Waals surface area contributed by atoms with Crippen LogP contribution in [0.3, 0.4) is 0 Å². The number of ether oxygens (including phenoxy) is 1. The summed E-state index contributed by atoms with van der Waals surface area (Å²) in [6, 6.07) is 4.44. The van der Waals surface area contributed by atoms with Gasteiger partial charge in [-0.1, -0.05) is 6.92 Å². The Morgan fingerprint density at radius 3 is 3.05 bits per heavy atom. The SMILES string of the molecule is CCN1CCCC1c1nc2cccnc2n1C1CCCCO1. The van der Waals surface area contributed by atoms with Crippen LogP contribution in [0.1, 0.15) is 57.1 Å². The smallest absolute Gasteiger partial charge is 0.162 e. The Balaban J connectivity index is 1.82. The third-order valence-electron chi connectivity index (χ3n) is 4.99. The van der Waals surface area contributed by atoms with Crippen LogP contribution >= 0.6 is 0 Å². The van der Waals surface area contributed by atoms with Crippen molar-refractivity contribution in [2.45, 2.75) is 51.3 Å². The van der Waals surface area contributed by atoms with Gasteiger partial charge in [-0.25, -0.2) is 9.97 Å². The molecule has 0 N–H and O–H groups in total. The Labute approximate surface area is 131 Å². The molecule has 0 saturated carbocycles. The van der Waals surface area contributed by atoms with E-state index in [1.165, 1.54) is 25.8 Å². The minimum atomic E-state index is 0.1000. The molecule has 0 radical (unpaired) electrons. The first-order valence-electron chi connectivity index (χ1n) is 8.57. The summed E-state index contributed by atoms with van der Waals surface area (Å²) >= 11 is 0.